The predicted molar refractivity (Wildman–Crippen MR) is 74.3 cm³/mol. The molecule has 3 N–H and O–H groups in total. The highest BCUT2D eigenvalue weighted by Crippen LogP contribution is 2.24. The van der Waals surface area contributed by atoms with E-state index >= 15 is 0 Å². The summed E-state index contributed by atoms with van der Waals surface area (Å²) >= 11 is 0. The Bertz CT molecular complexity index is 764. The molecule has 0 saturated heterocycles. The Morgan fingerprint density at radius 2 is 2.10 bits per heavy atom. The number of nitrogens with zero attached hydrogens (tertiary/aromatic N) is 2. The second-order valence-electron chi connectivity index (χ2n) is 5.00. The summed E-state index contributed by atoms with van der Waals surface area (Å²) in [5.41, 5.74) is 2.58. The van der Waals surface area contributed by atoms with Crippen LogP contribution in [0.1, 0.15) is 25.7 Å². The standard InChI is InChI=1S/C12H15N5O3S/c18-11(8-4-1-2-5-8)15-17-21(19,20)12-9-6-3-7-13-10(9)14-16-12/h3,6-8,17H,1-2,4-5H2,(H,15,18)(H,13,14,16). The minimum atomic E-state index is -3.91. The van der Waals surface area contributed by atoms with E-state index in [4.69, 9.17) is 0 Å². The number of nitrogens with one attached hydrogen (secondary N) is 3. The molecule has 9 heteroatoms. The average Bonchev–Trinajstić information content (AvgIpc) is 3.14. The number of hydrogen-bond acceptors (Lipinski definition) is 5. The Morgan fingerprint density at radius 1 is 1.33 bits per heavy atom. The first kappa shape index (κ1) is 14.0. The zero-order valence-electron chi connectivity index (χ0n) is 11.2. The molecule has 2 aromatic rings. The van der Waals surface area contributed by atoms with Gasteiger partial charge in [-0.15, -0.1) is 4.83 Å². The number of H-pyrrole nitrogens is 1. The SMILES string of the molecule is O=C(NNS(=O)(=O)c1[nH]nc2ncccc12)C1CCCC1. The van der Waals surface area contributed by atoms with E-state index in [0.29, 0.717) is 11.0 Å². The van der Waals surface area contributed by atoms with E-state index in [1.165, 1.54) is 6.20 Å². The number of sulfonamides is 1. The van der Waals surface area contributed by atoms with Gasteiger partial charge in [0.25, 0.3) is 10.0 Å². The Hall–Kier alpha value is -2.00. The summed E-state index contributed by atoms with van der Waals surface area (Å²) in [7, 11) is -3.91. The molecule has 0 atom stereocenters. The molecule has 2 aromatic heterocycles. The third kappa shape index (κ3) is 2.74. The number of pyridine rings is 1. The first-order valence-electron chi connectivity index (χ1n) is 6.69. The second-order valence-corrected chi connectivity index (χ2v) is 6.62. The van der Waals surface area contributed by atoms with E-state index in [9.17, 15) is 13.2 Å². The summed E-state index contributed by atoms with van der Waals surface area (Å²) in [5, 5.41) is 6.52. The van der Waals surface area contributed by atoms with Crippen molar-refractivity contribution in [2.24, 2.45) is 5.92 Å². The zero-order chi connectivity index (χ0) is 14.9. The van der Waals surface area contributed by atoms with Crippen LogP contribution < -0.4 is 10.3 Å². The first-order valence-corrected chi connectivity index (χ1v) is 8.17. The molecule has 0 aromatic carbocycles. The molecule has 2 heterocycles. The minimum Gasteiger partial charge on any atom is -0.277 e. The molecule has 1 amide bonds. The van der Waals surface area contributed by atoms with Gasteiger partial charge < -0.3 is 0 Å². The van der Waals surface area contributed by atoms with Crippen molar-refractivity contribution in [1.29, 1.82) is 0 Å². The lowest BCUT2D eigenvalue weighted by atomic mass is 10.1. The highest BCUT2D eigenvalue weighted by molar-refractivity contribution is 7.89. The summed E-state index contributed by atoms with van der Waals surface area (Å²) < 4.78 is 24.4. The third-order valence-corrected chi connectivity index (χ3v) is 4.82. The fourth-order valence-electron chi connectivity index (χ4n) is 2.49. The third-order valence-electron chi connectivity index (χ3n) is 3.60. The number of hydrogen-bond donors (Lipinski definition) is 3. The highest BCUT2D eigenvalue weighted by atomic mass is 32.2. The summed E-state index contributed by atoms with van der Waals surface area (Å²) in [5.74, 6) is -0.411. The summed E-state index contributed by atoms with van der Waals surface area (Å²) in [6, 6.07) is 3.22. The quantitative estimate of drug-likeness (QED) is 0.709. The lowest BCUT2D eigenvalue weighted by molar-refractivity contribution is -0.125. The Kier molecular flexibility index (Phi) is 3.60. The van der Waals surface area contributed by atoms with Crippen molar-refractivity contribution in [2.75, 3.05) is 0 Å². The highest BCUT2D eigenvalue weighted by Gasteiger charge is 2.25. The van der Waals surface area contributed by atoms with Crippen LogP contribution in [0.2, 0.25) is 0 Å². The van der Waals surface area contributed by atoms with Gasteiger partial charge in [-0.2, -0.15) is 5.10 Å². The topological polar surface area (TPSA) is 117 Å². The lowest BCUT2D eigenvalue weighted by Crippen LogP contribution is -2.44. The molecule has 1 aliphatic carbocycles. The maximum Gasteiger partial charge on any atom is 0.274 e. The van der Waals surface area contributed by atoms with Crippen LogP contribution in [0.5, 0.6) is 0 Å². The number of amides is 1. The van der Waals surface area contributed by atoms with Gasteiger partial charge in [0.15, 0.2) is 10.7 Å². The van der Waals surface area contributed by atoms with E-state index in [1.807, 2.05) is 0 Å². The molecule has 1 saturated carbocycles. The number of hydrazine groups is 1. The van der Waals surface area contributed by atoms with Crippen molar-refractivity contribution < 1.29 is 13.2 Å². The average molecular weight is 309 g/mol. The van der Waals surface area contributed by atoms with Crippen molar-refractivity contribution in [1.82, 2.24) is 25.4 Å². The number of carbonyl (C=O) groups excluding carboxylic acids is 1. The molecule has 1 fully saturated rings. The zero-order valence-corrected chi connectivity index (χ0v) is 12.0. The van der Waals surface area contributed by atoms with E-state index in [-0.39, 0.29) is 16.9 Å². The maximum absolute atomic E-state index is 12.2. The second kappa shape index (κ2) is 5.41. The van der Waals surface area contributed by atoms with Gasteiger partial charge in [0.05, 0.1) is 5.39 Å². The van der Waals surface area contributed by atoms with Gasteiger partial charge in [0.2, 0.25) is 5.91 Å². The fourth-order valence-corrected chi connectivity index (χ4v) is 3.44. The molecule has 8 nitrogen and oxygen atoms in total. The Morgan fingerprint density at radius 3 is 2.86 bits per heavy atom. The van der Waals surface area contributed by atoms with E-state index in [0.717, 1.165) is 25.7 Å². The van der Waals surface area contributed by atoms with E-state index < -0.39 is 10.0 Å². The number of aromatic amines is 1. The van der Waals surface area contributed by atoms with Crippen molar-refractivity contribution >= 4 is 27.0 Å². The molecule has 21 heavy (non-hydrogen) atoms. The summed E-state index contributed by atoms with van der Waals surface area (Å²) in [6.45, 7) is 0. The maximum atomic E-state index is 12.2. The summed E-state index contributed by atoms with van der Waals surface area (Å²) in [6.07, 6.45) is 5.12. The first-order chi connectivity index (χ1) is 10.1. The number of aromatic nitrogens is 3. The fraction of sp³-hybridized carbons (Fsp3) is 0.417. The van der Waals surface area contributed by atoms with Crippen LogP contribution in [-0.2, 0) is 14.8 Å². The number of carbonyl (C=O) groups is 1. The number of rotatable bonds is 4. The van der Waals surface area contributed by atoms with Gasteiger partial charge in [-0.3, -0.25) is 15.3 Å². The Labute approximate surface area is 121 Å². The predicted octanol–water partition coefficient (Wildman–Crippen LogP) is 0.458. The smallest absolute Gasteiger partial charge is 0.274 e. The van der Waals surface area contributed by atoms with Crippen LogP contribution in [0.4, 0.5) is 0 Å². The molecular formula is C12H15N5O3S. The van der Waals surface area contributed by atoms with Crippen molar-refractivity contribution in [3.63, 3.8) is 0 Å². The van der Waals surface area contributed by atoms with Crippen molar-refractivity contribution in [2.45, 2.75) is 30.7 Å². The largest absolute Gasteiger partial charge is 0.277 e. The molecule has 112 valence electrons. The van der Waals surface area contributed by atoms with Crippen LogP contribution in [0.25, 0.3) is 11.0 Å². The molecule has 1 aliphatic rings. The summed E-state index contributed by atoms with van der Waals surface area (Å²) in [4.78, 5) is 17.9. The molecule has 0 bridgehead atoms. The number of fused-ring (bicyclic) bond motifs is 1. The van der Waals surface area contributed by atoms with E-state index in [1.54, 1.807) is 12.1 Å². The van der Waals surface area contributed by atoms with Gasteiger partial charge in [-0.25, -0.2) is 13.4 Å². The van der Waals surface area contributed by atoms with Gasteiger partial charge in [0, 0.05) is 12.1 Å². The van der Waals surface area contributed by atoms with Crippen LogP contribution in [0, 0.1) is 5.92 Å². The van der Waals surface area contributed by atoms with Gasteiger partial charge >= 0.3 is 0 Å². The lowest BCUT2D eigenvalue weighted by Gasteiger charge is -2.11. The molecule has 0 aliphatic heterocycles. The normalized spacial score (nSPS) is 16.4. The van der Waals surface area contributed by atoms with Gasteiger partial charge in [-0.1, -0.05) is 12.8 Å². The Balaban J connectivity index is 1.76. The van der Waals surface area contributed by atoms with E-state index in [2.05, 4.69) is 25.4 Å². The van der Waals surface area contributed by atoms with Crippen LogP contribution in [-0.4, -0.2) is 29.5 Å². The van der Waals surface area contributed by atoms with Crippen LogP contribution >= 0.6 is 0 Å². The molecule has 0 radical (unpaired) electrons. The molecular weight excluding hydrogens is 294 g/mol. The van der Waals surface area contributed by atoms with Crippen molar-refractivity contribution in [3.8, 4) is 0 Å². The van der Waals surface area contributed by atoms with Gasteiger partial charge in [0.1, 0.15) is 0 Å². The molecule has 3 rings (SSSR count). The molecule has 0 spiro atoms. The van der Waals surface area contributed by atoms with Crippen molar-refractivity contribution in [3.05, 3.63) is 18.3 Å². The monoisotopic (exact) mass is 309 g/mol. The van der Waals surface area contributed by atoms with Gasteiger partial charge in [-0.05, 0) is 25.0 Å². The van der Waals surface area contributed by atoms with Crippen LogP contribution in [0.15, 0.2) is 23.4 Å². The minimum absolute atomic E-state index is 0.114. The molecule has 0 unspecified atom stereocenters. The van der Waals surface area contributed by atoms with Crippen LogP contribution in [0.3, 0.4) is 0 Å².